The Hall–Kier alpha value is -3.32. The molecule has 2 N–H and O–H groups in total. The molecule has 0 radical (unpaired) electrons. The molecule has 1 saturated carbocycles. The van der Waals surface area contributed by atoms with Crippen molar-refractivity contribution in [3.05, 3.63) is 47.9 Å². The number of ether oxygens (including phenoxy) is 1. The van der Waals surface area contributed by atoms with Gasteiger partial charge in [0, 0.05) is 47.9 Å². The Morgan fingerprint density at radius 1 is 0.879 bits per heavy atom. The van der Waals surface area contributed by atoms with Crippen molar-refractivity contribution in [1.29, 1.82) is 0 Å². The van der Waals surface area contributed by atoms with E-state index >= 15 is 0 Å². The predicted molar refractivity (Wildman–Crippen MR) is 128 cm³/mol. The number of anilines is 2. The molecule has 2 aromatic heterocycles. The van der Waals surface area contributed by atoms with Gasteiger partial charge in [-0.1, -0.05) is 12.1 Å². The first kappa shape index (κ1) is 21.5. The molecule has 2 amide bonds. The first-order valence-corrected chi connectivity index (χ1v) is 11.6. The maximum absolute atomic E-state index is 12.7. The molecule has 1 saturated heterocycles. The van der Waals surface area contributed by atoms with Gasteiger partial charge in [-0.05, 0) is 68.2 Å². The number of carbonyl (C=O) groups is 2. The number of rotatable bonds is 5. The Bertz CT molecular complexity index is 1230. The average Bonchev–Trinajstić information content (AvgIpc) is 3.67. The Kier molecular flexibility index (Phi) is 5.81. The van der Waals surface area contributed by atoms with E-state index in [1.54, 1.807) is 12.4 Å². The van der Waals surface area contributed by atoms with E-state index < -0.39 is 0 Å². The fraction of sp³-hybridized carbons (Fsp3) is 0.385. The van der Waals surface area contributed by atoms with E-state index in [1.807, 2.05) is 26.0 Å². The van der Waals surface area contributed by atoms with Crippen LogP contribution >= 0.6 is 0 Å². The molecule has 0 unspecified atom stereocenters. The average molecular weight is 445 g/mol. The van der Waals surface area contributed by atoms with Gasteiger partial charge in [0.05, 0.1) is 11.9 Å². The molecule has 7 heteroatoms. The van der Waals surface area contributed by atoms with Gasteiger partial charge in [0.1, 0.15) is 5.82 Å². The summed E-state index contributed by atoms with van der Waals surface area (Å²) in [5.41, 5.74) is 4.65. The van der Waals surface area contributed by atoms with Crippen molar-refractivity contribution in [2.45, 2.75) is 39.5 Å². The summed E-state index contributed by atoms with van der Waals surface area (Å²) in [7, 11) is 0. The summed E-state index contributed by atoms with van der Waals surface area (Å²) in [6.45, 7) is 5.26. The minimum atomic E-state index is -0.0238. The van der Waals surface area contributed by atoms with Crippen molar-refractivity contribution in [2.24, 2.45) is 11.8 Å². The lowest BCUT2D eigenvalue weighted by atomic mass is 9.95. The number of nitrogens with zero attached hydrogens (tertiary/aromatic N) is 2. The summed E-state index contributed by atoms with van der Waals surface area (Å²) in [4.78, 5) is 33.8. The molecule has 1 aromatic carbocycles. The van der Waals surface area contributed by atoms with Gasteiger partial charge in [0.25, 0.3) is 0 Å². The molecule has 33 heavy (non-hydrogen) atoms. The van der Waals surface area contributed by atoms with E-state index in [0.717, 1.165) is 64.5 Å². The van der Waals surface area contributed by atoms with E-state index in [2.05, 4.69) is 32.7 Å². The Balaban J connectivity index is 1.41. The molecule has 7 nitrogen and oxygen atoms in total. The number of aromatic nitrogens is 2. The molecule has 0 bridgehead atoms. The molecular formula is C26H28N4O3. The minimum Gasteiger partial charge on any atom is -0.381 e. The fourth-order valence-electron chi connectivity index (χ4n) is 4.41. The highest BCUT2D eigenvalue weighted by molar-refractivity contribution is 5.97. The highest BCUT2D eigenvalue weighted by Crippen LogP contribution is 2.34. The second-order valence-corrected chi connectivity index (χ2v) is 9.03. The SMILES string of the molecule is Cc1ncc(NC(=O)C2CCOCC2)c(C)c1-c1ccc2cc(NC(=O)C3CC3)ncc2c1. The number of hydrogen-bond acceptors (Lipinski definition) is 5. The second-order valence-electron chi connectivity index (χ2n) is 9.03. The summed E-state index contributed by atoms with van der Waals surface area (Å²) in [6.07, 6.45) is 6.95. The van der Waals surface area contributed by atoms with Crippen LogP contribution in [0.4, 0.5) is 11.5 Å². The molecule has 1 aliphatic carbocycles. The van der Waals surface area contributed by atoms with E-state index in [1.165, 1.54) is 0 Å². The highest BCUT2D eigenvalue weighted by Gasteiger charge is 2.29. The zero-order valence-electron chi connectivity index (χ0n) is 19.0. The van der Waals surface area contributed by atoms with Crippen LogP contribution in [0.25, 0.3) is 21.9 Å². The number of pyridine rings is 2. The lowest BCUT2D eigenvalue weighted by Gasteiger charge is -2.22. The van der Waals surface area contributed by atoms with Crippen LogP contribution in [0.2, 0.25) is 0 Å². The third kappa shape index (κ3) is 4.59. The van der Waals surface area contributed by atoms with Crippen molar-refractivity contribution in [2.75, 3.05) is 23.8 Å². The van der Waals surface area contributed by atoms with Crippen molar-refractivity contribution in [1.82, 2.24) is 9.97 Å². The molecule has 170 valence electrons. The maximum Gasteiger partial charge on any atom is 0.228 e. The minimum absolute atomic E-state index is 0.0238. The molecule has 2 fully saturated rings. The predicted octanol–water partition coefficient (Wildman–Crippen LogP) is 4.63. The Labute approximate surface area is 193 Å². The number of nitrogens with one attached hydrogen (secondary N) is 2. The van der Waals surface area contributed by atoms with Crippen LogP contribution in [0.3, 0.4) is 0 Å². The van der Waals surface area contributed by atoms with E-state index in [0.29, 0.717) is 19.0 Å². The highest BCUT2D eigenvalue weighted by atomic mass is 16.5. The van der Waals surface area contributed by atoms with Crippen LogP contribution in [-0.4, -0.2) is 35.0 Å². The van der Waals surface area contributed by atoms with Gasteiger partial charge < -0.3 is 15.4 Å². The van der Waals surface area contributed by atoms with Crippen LogP contribution < -0.4 is 10.6 Å². The lowest BCUT2D eigenvalue weighted by molar-refractivity contribution is -0.122. The van der Waals surface area contributed by atoms with E-state index in [9.17, 15) is 9.59 Å². The van der Waals surface area contributed by atoms with E-state index in [-0.39, 0.29) is 23.7 Å². The van der Waals surface area contributed by atoms with Crippen molar-refractivity contribution in [3.63, 3.8) is 0 Å². The fourth-order valence-corrected chi connectivity index (χ4v) is 4.41. The zero-order valence-corrected chi connectivity index (χ0v) is 19.0. The second kappa shape index (κ2) is 8.90. The van der Waals surface area contributed by atoms with E-state index in [4.69, 9.17) is 4.74 Å². The van der Waals surface area contributed by atoms with Crippen molar-refractivity contribution in [3.8, 4) is 11.1 Å². The first-order chi connectivity index (χ1) is 16.0. The Morgan fingerprint density at radius 2 is 1.61 bits per heavy atom. The van der Waals surface area contributed by atoms with Gasteiger partial charge in [-0.15, -0.1) is 0 Å². The quantitative estimate of drug-likeness (QED) is 0.599. The molecule has 3 heterocycles. The van der Waals surface area contributed by atoms with Gasteiger partial charge >= 0.3 is 0 Å². The molecule has 0 atom stereocenters. The van der Waals surface area contributed by atoms with Crippen molar-refractivity contribution < 1.29 is 14.3 Å². The van der Waals surface area contributed by atoms with Gasteiger partial charge in [-0.3, -0.25) is 14.6 Å². The molecule has 2 aliphatic rings. The van der Waals surface area contributed by atoms with Gasteiger partial charge in [-0.2, -0.15) is 0 Å². The largest absolute Gasteiger partial charge is 0.381 e. The normalized spacial score (nSPS) is 16.5. The number of fused-ring (bicyclic) bond motifs is 1. The number of benzene rings is 1. The van der Waals surface area contributed by atoms with Crippen LogP contribution in [0.1, 0.15) is 36.9 Å². The summed E-state index contributed by atoms with van der Waals surface area (Å²) in [5.74, 6) is 0.780. The summed E-state index contributed by atoms with van der Waals surface area (Å²) in [5, 5.41) is 7.98. The van der Waals surface area contributed by atoms with Gasteiger partial charge in [0.15, 0.2) is 0 Å². The van der Waals surface area contributed by atoms with Crippen LogP contribution in [-0.2, 0) is 14.3 Å². The maximum atomic E-state index is 12.7. The third-order valence-electron chi connectivity index (χ3n) is 6.59. The molecule has 3 aromatic rings. The number of carbonyl (C=O) groups excluding carboxylic acids is 2. The van der Waals surface area contributed by atoms with Crippen LogP contribution in [0.15, 0.2) is 36.7 Å². The van der Waals surface area contributed by atoms with Gasteiger partial charge in [0.2, 0.25) is 11.8 Å². The Morgan fingerprint density at radius 3 is 2.36 bits per heavy atom. The third-order valence-corrected chi connectivity index (χ3v) is 6.59. The topological polar surface area (TPSA) is 93.2 Å². The summed E-state index contributed by atoms with van der Waals surface area (Å²) >= 11 is 0. The smallest absolute Gasteiger partial charge is 0.228 e. The standard InChI is InChI=1S/C26H28N4O3/c1-15-22(29-25(31)18-7-9-33-10-8-18)14-27-16(2)24(15)20-6-5-19-12-23(28-13-21(19)11-20)30-26(32)17-3-4-17/h5-6,11-14,17-18H,3-4,7-10H2,1-2H3,(H,29,31)(H,28,30,32). The van der Waals surface area contributed by atoms with Crippen LogP contribution in [0, 0.1) is 25.7 Å². The van der Waals surface area contributed by atoms with Crippen LogP contribution in [0.5, 0.6) is 0 Å². The molecule has 0 spiro atoms. The number of aryl methyl sites for hydroxylation is 1. The van der Waals surface area contributed by atoms with Crippen molar-refractivity contribution >= 4 is 34.1 Å². The number of amides is 2. The lowest BCUT2D eigenvalue weighted by Crippen LogP contribution is -2.28. The summed E-state index contributed by atoms with van der Waals surface area (Å²) in [6, 6.07) is 8.07. The number of hydrogen-bond donors (Lipinski definition) is 2. The molecule has 1 aliphatic heterocycles. The first-order valence-electron chi connectivity index (χ1n) is 11.6. The molecular weight excluding hydrogens is 416 g/mol. The van der Waals surface area contributed by atoms with Gasteiger partial charge in [-0.25, -0.2) is 4.98 Å². The summed E-state index contributed by atoms with van der Waals surface area (Å²) < 4.78 is 5.37. The zero-order chi connectivity index (χ0) is 22.9. The molecule has 5 rings (SSSR count). The monoisotopic (exact) mass is 444 g/mol.